The van der Waals surface area contributed by atoms with Crippen LogP contribution in [0.3, 0.4) is 0 Å². The normalized spacial score (nSPS) is 10.9. The van der Waals surface area contributed by atoms with E-state index in [1.54, 1.807) is 12.3 Å². The van der Waals surface area contributed by atoms with Gasteiger partial charge in [-0.3, -0.25) is 9.89 Å². The Labute approximate surface area is 162 Å². The first-order valence-corrected chi connectivity index (χ1v) is 8.89. The molecule has 0 spiro atoms. The molecule has 5 heteroatoms. The number of amides is 1. The first-order chi connectivity index (χ1) is 13.8. The van der Waals surface area contributed by atoms with Crippen LogP contribution in [0.2, 0.25) is 0 Å². The van der Waals surface area contributed by atoms with Gasteiger partial charge >= 0.3 is 0 Å². The highest BCUT2D eigenvalue weighted by molar-refractivity contribution is 5.94. The topological polar surface area (TPSA) is 70.1 Å². The van der Waals surface area contributed by atoms with E-state index in [4.69, 9.17) is 0 Å². The molecule has 0 unspecified atom stereocenters. The van der Waals surface area contributed by atoms with Gasteiger partial charge in [-0.1, -0.05) is 84.9 Å². The summed E-state index contributed by atoms with van der Waals surface area (Å²) in [5, 5.41) is 11.0. The van der Waals surface area contributed by atoms with Gasteiger partial charge in [0.2, 0.25) is 0 Å². The quantitative estimate of drug-likeness (QED) is 0.403. The Balaban J connectivity index is 1.44. The van der Waals surface area contributed by atoms with Crippen molar-refractivity contribution in [1.82, 2.24) is 15.6 Å². The average molecular weight is 366 g/mol. The maximum Gasteiger partial charge on any atom is 0.289 e. The zero-order valence-corrected chi connectivity index (χ0v) is 15.0. The highest BCUT2D eigenvalue weighted by Gasteiger charge is 2.10. The van der Waals surface area contributed by atoms with Crippen molar-refractivity contribution >= 4 is 12.1 Å². The molecule has 5 nitrogen and oxygen atoms in total. The van der Waals surface area contributed by atoms with Gasteiger partial charge < -0.3 is 0 Å². The summed E-state index contributed by atoms with van der Waals surface area (Å²) in [7, 11) is 0. The molecule has 4 rings (SSSR count). The molecule has 0 aliphatic heterocycles. The number of aromatic nitrogens is 2. The molecule has 0 bridgehead atoms. The van der Waals surface area contributed by atoms with Crippen LogP contribution in [0.5, 0.6) is 0 Å². The van der Waals surface area contributed by atoms with Gasteiger partial charge in [-0.2, -0.15) is 10.2 Å². The smallest absolute Gasteiger partial charge is 0.272 e. The van der Waals surface area contributed by atoms with Crippen molar-refractivity contribution in [2.45, 2.75) is 0 Å². The number of H-pyrrole nitrogens is 1. The number of hydrogen-bond donors (Lipinski definition) is 2. The summed E-state index contributed by atoms with van der Waals surface area (Å²) in [5.41, 5.74) is 7.70. The summed E-state index contributed by atoms with van der Waals surface area (Å²) < 4.78 is 0. The number of carbonyl (C=O) groups is 1. The summed E-state index contributed by atoms with van der Waals surface area (Å²) in [6.07, 6.45) is 1.59. The Morgan fingerprint density at radius 1 is 0.821 bits per heavy atom. The molecule has 0 fully saturated rings. The van der Waals surface area contributed by atoms with Crippen LogP contribution >= 0.6 is 0 Å². The molecule has 0 saturated carbocycles. The van der Waals surface area contributed by atoms with E-state index in [0.29, 0.717) is 11.4 Å². The van der Waals surface area contributed by atoms with Crippen LogP contribution in [-0.4, -0.2) is 22.3 Å². The molecule has 4 aromatic rings. The third-order valence-electron chi connectivity index (χ3n) is 4.29. The Hall–Kier alpha value is -3.99. The van der Waals surface area contributed by atoms with Crippen LogP contribution < -0.4 is 5.43 Å². The lowest BCUT2D eigenvalue weighted by Crippen LogP contribution is -2.17. The monoisotopic (exact) mass is 366 g/mol. The molecular weight excluding hydrogens is 348 g/mol. The second-order valence-electron chi connectivity index (χ2n) is 6.22. The van der Waals surface area contributed by atoms with Crippen LogP contribution in [-0.2, 0) is 0 Å². The predicted octanol–water partition coefficient (Wildman–Crippen LogP) is 4.51. The third-order valence-corrected chi connectivity index (χ3v) is 4.29. The van der Waals surface area contributed by atoms with E-state index < -0.39 is 0 Å². The molecule has 2 N–H and O–H groups in total. The number of nitrogens with one attached hydrogen (secondary N) is 2. The molecule has 0 aliphatic carbocycles. The predicted molar refractivity (Wildman–Crippen MR) is 111 cm³/mol. The Bertz CT molecular complexity index is 1080. The fourth-order valence-electron chi connectivity index (χ4n) is 2.81. The average Bonchev–Trinajstić information content (AvgIpc) is 3.26. The molecule has 136 valence electrons. The van der Waals surface area contributed by atoms with Crippen molar-refractivity contribution < 1.29 is 4.79 Å². The van der Waals surface area contributed by atoms with E-state index in [2.05, 4.69) is 32.9 Å². The second-order valence-corrected chi connectivity index (χ2v) is 6.22. The first-order valence-electron chi connectivity index (χ1n) is 8.89. The molecular formula is C23H18N4O. The van der Waals surface area contributed by atoms with Crippen LogP contribution in [0.1, 0.15) is 16.1 Å². The van der Waals surface area contributed by atoms with Crippen molar-refractivity contribution in [3.05, 3.63) is 102 Å². The van der Waals surface area contributed by atoms with E-state index in [1.807, 2.05) is 72.8 Å². The lowest BCUT2D eigenvalue weighted by Gasteiger charge is -2.02. The van der Waals surface area contributed by atoms with Crippen molar-refractivity contribution in [1.29, 1.82) is 0 Å². The number of hydrogen-bond acceptors (Lipinski definition) is 3. The van der Waals surface area contributed by atoms with Crippen molar-refractivity contribution in [3.63, 3.8) is 0 Å². The van der Waals surface area contributed by atoms with Crippen LogP contribution in [0.4, 0.5) is 0 Å². The number of carbonyl (C=O) groups excluding carboxylic acids is 1. The molecule has 0 atom stereocenters. The lowest BCUT2D eigenvalue weighted by molar-refractivity contribution is 0.0950. The zero-order valence-electron chi connectivity index (χ0n) is 15.0. The summed E-state index contributed by atoms with van der Waals surface area (Å²) >= 11 is 0. The van der Waals surface area contributed by atoms with Crippen molar-refractivity contribution in [2.24, 2.45) is 5.10 Å². The minimum atomic E-state index is -0.341. The van der Waals surface area contributed by atoms with Crippen LogP contribution in [0, 0.1) is 0 Å². The molecule has 28 heavy (non-hydrogen) atoms. The largest absolute Gasteiger partial charge is 0.289 e. The highest BCUT2D eigenvalue weighted by atomic mass is 16.2. The highest BCUT2D eigenvalue weighted by Crippen LogP contribution is 2.24. The number of rotatable bonds is 5. The molecule has 0 aliphatic rings. The lowest BCUT2D eigenvalue weighted by atomic mass is 10.0. The SMILES string of the molecule is O=C(NN=Cc1ccccc1)c1cc(-c2ccc(-c3ccccc3)cc2)n[nH]1. The molecule has 1 aromatic heterocycles. The molecule has 1 amide bonds. The van der Waals surface area contributed by atoms with Crippen LogP contribution in [0.25, 0.3) is 22.4 Å². The summed E-state index contributed by atoms with van der Waals surface area (Å²) in [6, 6.07) is 29.5. The number of benzene rings is 3. The van der Waals surface area contributed by atoms with Crippen molar-refractivity contribution in [2.75, 3.05) is 0 Å². The van der Waals surface area contributed by atoms with Crippen molar-refractivity contribution in [3.8, 4) is 22.4 Å². The second kappa shape index (κ2) is 8.14. The summed E-state index contributed by atoms with van der Waals surface area (Å²) in [5.74, 6) is -0.341. The van der Waals surface area contributed by atoms with Gasteiger partial charge in [-0.05, 0) is 22.8 Å². The van der Waals surface area contributed by atoms with E-state index in [-0.39, 0.29) is 5.91 Å². The fourth-order valence-corrected chi connectivity index (χ4v) is 2.81. The van der Waals surface area contributed by atoms with E-state index in [9.17, 15) is 4.79 Å². The van der Waals surface area contributed by atoms with E-state index in [0.717, 1.165) is 22.3 Å². The molecule has 3 aromatic carbocycles. The molecule has 0 saturated heterocycles. The first kappa shape index (κ1) is 17.4. The fraction of sp³-hybridized carbons (Fsp3) is 0. The van der Waals surface area contributed by atoms with Crippen LogP contribution in [0.15, 0.2) is 96.1 Å². The minimum absolute atomic E-state index is 0.341. The van der Waals surface area contributed by atoms with Gasteiger partial charge in [-0.25, -0.2) is 5.43 Å². The molecule has 1 heterocycles. The Morgan fingerprint density at radius 3 is 2.14 bits per heavy atom. The van der Waals surface area contributed by atoms with Gasteiger partial charge in [0, 0.05) is 5.56 Å². The van der Waals surface area contributed by atoms with E-state index >= 15 is 0 Å². The summed E-state index contributed by atoms with van der Waals surface area (Å²) in [6.45, 7) is 0. The van der Waals surface area contributed by atoms with Gasteiger partial charge in [0.1, 0.15) is 5.69 Å². The third kappa shape index (κ3) is 4.04. The maximum atomic E-state index is 12.2. The standard InChI is InChI=1S/C23H18N4O/c28-23(27-24-16-17-7-3-1-4-8-17)22-15-21(25-26-22)20-13-11-19(12-14-20)18-9-5-2-6-10-18/h1-16H,(H,25,26)(H,27,28). The summed E-state index contributed by atoms with van der Waals surface area (Å²) in [4.78, 5) is 12.2. The van der Waals surface area contributed by atoms with Gasteiger partial charge in [-0.15, -0.1) is 0 Å². The zero-order chi connectivity index (χ0) is 19.2. The Kier molecular flexibility index (Phi) is 5.06. The van der Waals surface area contributed by atoms with Gasteiger partial charge in [0.05, 0.1) is 11.9 Å². The number of hydrazone groups is 1. The number of aromatic amines is 1. The van der Waals surface area contributed by atoms with Gasteiger partial charge in [0.15, 0.2) is 0 Å². The van der Waals surface area contributed by atoms with E-state index in [1.165, 1.54) is 0 Å². The Morgan fingerprint density at radius 2 is 1.43 bits per heavy atom. The minimum Gasteiger partial charge on any atom is -0.272 e. The maximum absolute atomic E-state index is 12.2. The molecule has 0 radical (unpaired) electrons. The number of nitrogens with zero attached hydrogens (tertiary/aromatic N) is 2. The van der Waals surface area contributed by atoms with Gasteiger partial charge in [0.25, 0.3) is 5.91 Å².